The van der Waals surface area contributed by atoms with E-state index in [1.54, 1.807) is 12.1 Å². The third kappa shape index (κ3) is 5.46. The van der Waals surface area contributed by atoms with E-state index in [2.05, 4.69) is 15.3 Å². The maximum Gasteiger partial charge on any atom is 0.433 e. The number of sulfonamides is 1. The molecule has 15 heteroatoms. The number of aromatic nitrogens is 3. The number of hydrogen-bond donors (Lipinski definition) is 1. The lowest BCUT2D eigenvalue weighted by molar-refractivity contribution is -0.141. The van der Waals surface area contributed by atoms with Gasteiger partial charge in [-0.15, -0.1) is 0 Å². The van der Waals surface area contributed by atoms with Gasteiger partial charge in [0.2, 0.25) is 15.9 Å². The fourth-order valence-corrected chi connectivity index (χ4v) is 7.24. The van der Waals surface area contributed by atoms with Crippen molar-refractivity contribution in [1.82, 2.24) is 24.2 Å². The highest BCUT2D eigenvalue weighted by molar-refractivity contribution is 7.89. The zero-order chi connectivity index (χ0) is 29.5. The molecule has 1 saturated heterocycles. The first-order valence-electron chi connectivity index (χ1n) is 12.3. The fourth-order valence-electron chi connectivity index (χ4n) is 4.72. The van der Waals surface area contributed by atoms with Crippen molar-refractivity contribution in [2.24, 2.45) is 0 Å². The van der Waals surface area contributed by atoms with E-state index in [0.717, 1.165) is 10.4 Å². The van der Waals surface area contributed by atoms with Crippen LogP contribution in [0.15, 0.2) is 60.0 Å². The third-order valence-corrected chi connectivity index (χ3v) is 9.56. The Balaban J connectivity index is 1.53. The van der Waals surface area contributed by atoms with E-state index in [4.69, 9.17) is 27.9 Å². The van der Waals surface area contributed by atoms with Gasteiger partial charge in [0.15, 0.2) is 0 Å². The van der Waals surface area contributed by atoms with E-state index in [1.165, 1.54) is 48.5 Å². The van der Waals surface area contributed by atoms with Gasteiger partial charge in [0.1, 0.15) is 34.5 Å². The molecule has 1 atom stereocenters. The molecule has 2 aromatic heterocycles. The van der Waals surface area contributed by atoms with Gasteiger partial charge in [0.25, 0.3) is 0 Å². The minimum atomic E-state index is -4.74. The van der Waals surface area contributed by atoms with Gasteiger partial charge in [0.05, 0.1) is 17.0 Å². The molecule has 2 aromatic carbocycles. The van der Waals surface area contributed by atoms with Crippen LogP contribution in [0.25, 0.3) is 16.6 Å². The van der Waals surface area contributed by atoms with Crippen LogP contribution in [0.1, 0.15) is 24.1 Å². The number of amides is 1. The van der Waals surface area contributed by atoms with Crippen LogP contribution in [0.2, 0.25) is 10.0 Å². The molecule has 0 radical (unpaired) electrons. The molecule has 1 aliphatic rings. The van der Waals surface area contributed by atoms with Crippen molar-refractivity contribution in [1.29, 1.82) is 0 Å². The van der Waals surface area contributed by atoms with Crippen LogP contribution in [0.3, 0.4) is 0 Å². The Hall–Kier alpha value is -3.39. The average Bonchev–Trinajstić information content (AvgIpc) is 3.64. The topological polar surface area (TPSA) is 106 Å². The molecular formula is C26H22Cl2F3N5O4S. The second-order valence-corrected chi connectivity index (χ2v) is 11.8. The number of imidazole rings is 1. The lowest BCUT2D eigenvalue weighted by atomic mass is 10.1. The van der Waals surface area contributed by atoms with Gasteiger partial charge in [-0.25, -0.2) is 18.4 Å². The molecule has 216 valence electrons. The zero-order valence-corrected chi connectivity index (χ0v) is 23.7. The standard InChI is InChI=1S/C26H22Cl2F3N5O4S/c1-32-25(37)18-5-3-10-36(18)41(38,39)21-8-7-17(27)16(23(21)28)13-40-20-6-2-4-15-19(35-11-9-33-14-35)12-22(26(29,30)31)34-24(15)20/h2,4,6-9,11-12,14,18H,3,5,10,13H2,1H3,(H,32,37)/t18-/m0/s1. The summed E-state index contributed by atoms with van der Waals surface area (Å²) in [6.45, 7) is -0.245. The number of alkyl halides is 3. The Morgan fingerprint density at radius 1 is 1.22 bits per heavy atom. The van der Waals surface area contributed by atoms with Gasteiger partial charge >= 0.3 is 6.18 Å². The van der Waals surface area contributed by atoms with Crippen molar-refractivity contribution in [3.05, 3.63) is 76.4 Å². The van der Waals surface area contributed by atoms with Crippen LogP contribution in [0, 0.1) is 0 Å². The van der Waals surface area contributed by atoms with Crippen LogP contribution < -0.4 is 10.1 Å². The SMILES string of the molecule is CNC(=O)[C@@H]1CCCN1S(=O)(=O)c1ccc(Cl)c(COc2cccc3c(-n4ccnc4)cc(C(F)(F)F)nc23)c1Cl. The summed E-state index contributed by atoms with van der Waals surface area (Å²) in [7, 11) is -2.78. The zero-order valence-electron chi connectivity index (χ0n) is 21.3. The van der Waals surface area contributed by atoms with Gasteiger partial charge in [0, 0.05) is 42.0 Å². The molecule has 1 fully saturated rings. The molecule has 0 saturated carbocycles. The van der Waals surface area contributed by atoms with Gasteiger partial charge in [-0.05, 0) is 37.1 Å². The minimum absolute atomic E-state index is 0.00502. The molecule has 1 aliphatic heterocycles. The number of para-hydroxylation sites is 1. The summed E-state index contributed by atoms with van der Waals surface area (Å²) < 4.78 is 76.8. The summed E-state index contributed by atoms with van der Waals surface area (Å²) >= 11 is 12.9. The number of nitrogens with one attached hydrogen (secondary N) is 1. The Labute approximate surface area is 242 Å². The molecule has 0 aliphatic carbocycles. The van der Waals surface area contributed by atoms with Crippen LogP contribution in [-0.2, 0) is 27.6 Å². The quantitative estimate of drug-likeness (QED) is 0.301. The van der Waals surface area contributed by atoms with Crippen molar-refractivity contribution >= 4 is 50.0 Å². The Morgan fingerprint density at radius 2 is 2.00 bits per heavy atom. The number of halogens is 5. The Kier molecular flexibility index (Phi) is 7.90. The van der Waals surface area contributed by atoms with E-state index in [9.17, 15) is 26.4 Å². The average molecular weight is 628 g/mol. The number of hydrogen-bond acceptors (Lipinski definition) is 6. The van der Waals surface area contributed by atoms with Crippen LogP contribution >= 0.6 is 23.2 Å². The third-order valence-electron chi connectivity index (χ3n) is 6.72. The lowest BCUT2D eigenvalue weighted by Gasteiger charge is -2.24. The first-order chi connectivity index (χ1) is 19.4. The highest BCUT2D eigenvalue weighted by atomic mass is 35.5. The highest BCUT2D eigenvalue weighted by Gasteiger charge is 2.40. The number of fused-ring (bicyclic) bond motifs is 1. The summed E-state index contributed by atoms with van der Waals surface area (Å²) in [5.74, 6) is -0.439. The molecule has 5 rings (SSSR count). The summed E-state index contributed by atoms with van der Waals surface area (Å²) in [5, 5.41) is 2.70. The van der Waals surface area contributed by atoms with E-state index in [-0.39, 0.29) is 50.6 Å². The monoisotopic (exact) mass is 627 g/mol. The number of nitrogens with zero attached hydrogens (tertiary/aromatic N) is 4. The second kappa shape index (κ2) is 11.1. The molecule has 41 heavy (non-hydrogen) atoms. The predicted octanol–water partition coefficient (Wildman–Crippen LogP) is 5.22. The van der Waals surface area contributed by atoms with Gasteiger partial charge < -0.3 is 14.6 Å². The molecule has 9 nitrogen and oxygen atoms in total. The molecular weight excluding hydrogens is 606 g/mol. The highest BCUT2D eigenvalue weighted by Crippen LogP contribution is 2.38. The molecule has 1 amide bonds. The number of rotatable bonds is 7. The summed E-state index contributed by atoms with van der Waals surface area (Å²) in [6, 6.07) is 7.24. The fraction of sp³-hybridized carbons (Fsp3) is 0.269. The first-order valence-corrected chi connectivity index (χ1v) is 14.5. The number of benzene rings is 2. The molecule has 0 bridgehead atoms. The van der Waals surface area contributed by atoms with Crippen LogP contribution in [0.4, 0.5) is 13.2 Å². The number of ether oxygens (including phenoxy) is 1. The number of likely N-dealkylation sites (N-methyl/N-ethyl adjacent to an activating group) is 1. The number of pyridine rings is 1. The summed E-state index contributed by atoms with van der Waals surface area (Å²) in [6.07, 6.45) is 0.409. The molecule has 0 spiro atoms. The summed E-state index contributed by atoms with van der Waals surface area (Å²) in [4.78, 5) is 19.8. The van der Waals surface area contributed by atoms with Crippen LogP contribution in [0.5, 0.6) is 5.75 Å². The first kappa shape index (κ1) is 29.1. The molecule has 1 N–H and O–H groups in total. The number of carbonyl (C=O) groups is 1. The van der Waals surface area contributed by atoms with Gasteiger partial charge in [-0.2, -0.15) is 17.5 Å². The van der Waals surface area contributed by atoms with Gasteiger partial charge in [-0.1, -0.05) is 35.3 Å². The lowest BCUT2D eigenvalue weighted by Crippen LogP contribution is -2.44. The summed E-state index contributed by atoms with van der Waals surface area (Å²) in [5.41, 5.74) is -0.924. The van der Waals surface area contributed by atoms with Crippen molar-refractivity contribution < 1.29 is 31.1 Å². The smallest absolute Gasteiger partial charge is 0.433 e. The van der Waals surface area contributed by atoms with Crippen LogP contribution in [-0.4, -0.2) is 52.8 Å². The van der Waals surface area contributed by atoms with Crippen molar-refractivity contribution in [3.63, 3.8) is 0 Å². The maximum atomic E-state index is 13.8. The second-order valence-electron chi connectivity index (χ2n) is 9.16. The molecule has 3 heterocycles. The Morgan fingerprint density at radius 3 is 2.68 bits per heavy atom. The van der Waals surface area contributed by atoms with Gasteiger partial charge in [-0.3, -0.25) is 4.79 Å². The largest absolute Gasteiger partial charge is 0.487 e. The van der Waals surface area contributed by atoms with E-state index in [1.807, 2.05) is 0 Å². The predicted molar refractivity (Wildman–Crippen MR) is 146 cm³/mol. The normalized spacial score (nSPS) is 16.3. The van der Waals surface area contributed by atoms with E-state index >= 15 is 0 Å². The maximum absolute atomic E-state index is 13.8. The van der Waals surface area contributed by atoms with Crippen molar-refractivity contribution in [3.8, 4) is 11.4 Å². The van der Waals surface area contributed by atoms with Crippen molar-refractivity contribution in [2.75, 3.05) is 13.6 Å². The van der Waals surface area contributed by atoms with E-state index in [0.29, 0.717) is 18.2 Å². The van der Waals surface area contributed by atoms with Crippen molar-refractivity contribution in [2.45, 2.75) is 36.6 Å². The molecule has 4 aromatic rings. The Bertz CT molecular complexity index is 1730. The molecule has 0 unspecified atom stereocenters. The minimum Gasteiger partial charge on any atom is -0.487 e. The van der Waals surface area contributed by atoms with E-state index < -0.39 is 33.8 Å². The number of carbonyl (C=O) groups excluding carboxylic acids is 1.